The minimum Gasteiger partial charge on any atom is -0.465 e. The van der Waals surface area contributed by atoms with Crippen LogP contribution in [-0.4, -0.2) is 52.2 Å². The van der Waals surface area contributed by atoms with Crippen molar-refractivity contribution < 1.29 is 19.1 Å². The van der Waals surface area contributed by atoms with Gasteiger partial charge in [-0.1, -0.05) is 0 Å². The molecule has 1 unspecified atom stereocenters. The summed E-state index contributed by atoms with van der Waals surface area (Å²) in [7, 11) is 3.04. The van der Waals surface area contributed by atoms with Crippen molar-refractivity contribution in [1.82, 2.24) is 20.1 Å². The molecule has 9 nitrogen and oxygen atoms in total. The van der Waals surface area contributed by atoms with E-state index in [0.29, 0.717) is 18.7 Å². The number of carbonyl (C=O) groups is 3. The highest BCUT2D eigenvalue weighted by Crippen LogP contribution is 2.20. The van der Waals surface area contributed by atoms with E-state index in [1.54, 1.807) is 29.0 Å². The summed E-state index contributed by atoms with van der Waals surface area (Å²) in [5.74, 6) is -1.19. The van der Waals surface area contributed by atoms with E-state index in [4.69, 9.17) is 0 Å². The van der Waals surface area contributed by atoms with Crippen molar-refractivity contribution in [3.63, 3.8) is 0 Å². The molecule has 2 aromatic heterocycles. The van der Waals surface area contributed by atoms with Gasteiger partial charge in [0.05, 0.1) is 24.6 Å². The number of carbonyl (C=O) groups excluding carboxylic acids is 3. The second kappa shape index (κ2) is 6.71. The lowest BCUT2D eigenvalue weighted by Gasteiger charge is -2.15. The summed E-state index contributed by atoms with van der Waals surface area (Å²) in [6, 6.07) is 2.25. The van der Waals surface area contributed by atoms with Gasteiger partial charge in [-0.2, -0.15) is 5.10 Å². The fourth-order valence-electron chi connectivity index (χ4n) is 2.62. The number of pyridine rings is 1. The zero-order valence-electron chi connectivity index (χ0n) is 13.8. The number of nitrogens with one attached hydrogen (secondary N) is 1. The second-order valence-corrected chi connectivity index (χ2v) is 5.60. The molecule has 9 heteroatoms. The molecule has 1 saturated heterocycles. The van der Waals surface area contributed by atoms with Gasteiger partial charge in [-0.15, -0.1) is 0 Å². The largest absolute Gasteiger partial charge is 0.465 e. The summed E-state index contributed by atoms with van der Waals surface area (Å²) < 4.78 is 6.19. The van der Waals surface area contributed by atoms with Crippen LogP contribution in [0.2, 0.25) is 0 Å². The third kappa shape index (κ3) is 3.35. The van der Waals surface area contributed by atoms with Gasteiger partial charge in [-0.05, 0) is 18.6 Å². The van der Waals surface area contributed by atoms with Crippen molar-refractivity contribution in [3.05, 3.63) is 42.0 Å². The van der Waals surface area contributed by atoms with Gasteiger partial charge in [0.15, 0.2) is 0 Å². The fraction of sp³-hybridized carbons (Fsp3) is 0.312. The minimum atomic E-state index is -0.616. The van der Waals surface area contributed by atoms with Crippen molar-refractivity contribution in [2.75, 3.05) is 18.6 Å². The van der Waals surface area contributed by atoms with E-state index in [1.165, 1.54) is 25.4 Å². The number of rotatable bonds is 4. The number of amides is 2. The molecule has 3 rings (SSSR count). The van der Waals surface area contributed by atoms with E-state index in [2.05, 4.69) is 20.1 Å². The molecular weight excluding hydrogens is 326 g/mol. The number of hydrogen-bond acceptors (Lipinski definition) is 6. The number of esters is 1. The van der Waals surface area contributed by atoms with Gasteiger partial charge < -0.3 is 15.0 Å². The Morgan fingerprint density at radius 1 is 1.32 bits per heavy atom. The lowest BCUT2D eigenvalue weighted by atomic mass is 10.2. The molecule has 0 saturated carbocycles. The summed E-state index contributed by atoms with van der Waals surface area (Å²) >= 11 is 0. The van der Waals surface area contributed by atoms with E-state index < -0.39 is 17.9 Å². The van der Waals surface area contributed by atoms with Gasteiger partial charge >= 0.3 is 5.97 Å². The van der Waals surface area contributed by atoms with Crippen LogP contribution in [0, 0.1) is 0 Å². The molecule has 0 aromatic carbocycles. The summed E-state index contributed by atoms with van der Waals surface area (Å²) in [5, 5.41) is 6.72. The second-order valence-electron chi connectivity index (χ2n) is 5.60. The molecule has 130 valence electrons. The Balaban J connectivity index is 1.65. The van der Waals surface area contributed by atoms with Gasteiger partial charge in [0.1, 0.15) is 11.7 Å². The lowest BCUT2D eigenvalue weighted by molar-refractivity contribution is -0.118. The van der Waals surface area contributed by atoms with E-state index in [-0.39, 0.29) is 17.2 Å². The number of aryl methyl sites for hydroxylation is 1. The third-order valence-corrected chi connectivity index (χ3v) is 3.93. The highest BCUT2D eigenvalue weighted by molar-refractivity contribution is 6.03. The van der Waals surface area contributed by atoms with Crippen LogP contribution in [-0.2, 0) is 16.6 Å². The number of methoxy groups -OCH3 is 1. The molecule has 0 radical (unpaired) electrons. The van der Waals surface area contributed by atoms with Crippen molar-refractivity contribution in [2.45, 2.75) is 12.5 Å². The predicted molar refractivity (Wildman–Crippen MR) is 87.0 cm³/mol. The quantitative estimate of drug-likeness (QED) is 0.791. The highest BCUT2D eigenvalue weighted by atomic mass is 16.5. The molecule has 1 fully saturated rings. The molecule has 0 aliphatic carbocycles. The molecule has 2 aromatic rings. The van der Waals surface area contributed by atoms with Crippen molar-refractivity contribution in [1.29, 1.82) is 0 Å². The first-order valence-electron chi connectivity index (χ1n) is 7.65. The number of aromatic nitrogens is 3. The Morgan fingerprint density at radius 3 is 2.72 bits per heavy atom. The van der Waals surface area contributed by atoms with Gasteiger partial charge in [0.2, 0.25) is 5.91 Å². The molecule has 3 heterocycles. The Kier molecular flexibility index (Phi) is 4.46. The maximum atomic E-state index is 12.5. The number of nitrogens with zero attached hydrogens (tertiary/aromatic N) is 4. The molecule has 0 bridgehead atoms. The number of anilines is 1. The molecule has 1 atom stereocenters. The topological polar surface area (TPSA) is 106 Å². The zero-order valence-corrected chi connectivity index (χ0v) is 13.8. The van der Waals surface area contributed by atoms with Crippen LogP contribution in [0.25, 0.3) is 0 Å². The summed E-state index contributed by atoms with van der Waals surface area (Å²) in [6.07, 6.45) is 5.11. The van der Waals surface area contributed by atoms with Crippen LogP contribution in [0.3, 0.4) is 0 Å². The molecular formula is C16H17N5O4. The van der Waals surface area contributed by atoms with Crippen LogP contribution in [0.1, 0.15) is 27.3 Å². The van der Waals surface area contributed by atoms with Crippen molar-refractivity contribution in [2.24, 2.45) is 7.05 Å². The first-order chi connectivity index (χ1) is 12.0. The van der Waals surface area contributed by atoms with Crippen molar-refractivity contribution in [3.8, 4) is 0 Å². The van der Waals surface area contributed by atoms with E-state index in [0.717, 1.165) is 0 Å². The van der Waals surface area contributed by atoms with Gasteiger partial charge in [0, 0.05) is 26.0 Å². The van der Waals surface area contributed by atoms with Crippen molar-refractivity contribution >= 4 is 23.5 Å². The van der Waals surface area contributed by atoms with Gasteiger partial charge in [0.25, 0.3) is 5.91 Å². The summed E-state index contributed by atoms with van der Waals surface area (Å²) in [4.78, 5) is 41.6. The SMILES string of the molecule is COC(=O)c1ccc(C(=O)NC2CCN(c3cnn(C)c3)C2=O)nc1. The van der Waals surface area contributed by atoms with E-state index >= 15 is 0 Å². The summed E-state index contributed by atoms with van der Waals surface area (Å²) in [5.41, 5.74) is 1.07. The molecule has 1 aliphatic heterocycles. The average molecular weight is 343 g/mol. The average Bonchev–Trinajstić information content (AvgIpc) is 3.20. The first kappa shape index (κ1) is 16.6. The van der Waals surface area contributed by atoms with Crippen LogP contribution in [0.4, 0.5) is 5.69 Å². The van der Waals surface area contributed by atoms with Gasteiger partial charge in [-0.25, -0.2) is 4.79 Å². The Bertz CT molecular complexity index is 814. The molecule has 2 amide bonds. The molecule has 1 aliphatic rings. The molecule has 1 N–H and O–H groups in total. The Hall–Kier alpha value is -3.23. The third-order valence-electron chi connectivity index (χ3n) is 3.93. The molecule has 0 spiro atoms. The van der Waals surface area contributed by atoms with E-state index in [9.17, 15) is 14.4 Å². The Labute approximate surface area is 143 Å². The standard InChI is InChI=1S/C16H17N5O4/c1-20-9-11(8-18-20)21-6-5-13(15(21)23)19-14(22)12-4-3-10(7-17-12)16(24)25-2/h3-4,7-9,13H,5-6H2,1-2H3,(H,19,22). The predicted octanol–water partition coefficient (Wildman–Crippen LogP) is 0.137. The smallest absolute Gasteiger partial charge is 0.339 e. The Morgan fingerprint density at radius 2 is 2.12 bits per heavy atom. The first-order valence-corrected chi connectivity index (χ1v) is 7.65. The van der Waals surface area contributed by atoms with Gasteiger partial charge in [-0.3, -0.25) is 19.3 Å². The maximum Gasteiger partial charge on any atom is 0.339 e. The number of hydrogen-bond donors (Lipinski definition) is 1. The summed E-state index contributed by atoms with van der Waals surface area (Å²) in [6.45, 7) is 0.504. The van der Waals surface area contributed by atoms with Crippen LogP contribution in [0.5, 0.6) is 0 Å². The van der Waals surface area contributed by atoms with Crippen LogP contribution >= 0.6 is 0 Å². The zero-order chi connectivity index (χ0) is 18.0. The highest BCUT2D eigenvalue weighted by Gasteiger charge is 2.34. The lowest BCUT2D eigenvalue weighted by Crippen LogP contribution is -2.41. The fourth-order valence-corrected chi connectivity index (χ4v) is 2.62. The monoisotopic (exact) mass is 343 g/mol. The molecule has 25 heavy (non-hydrogen) atoms. The van der Waals surface area contributed by atoms with Crippen LogP contribution in [0.15, 0.2) is 30.7 Å². The normalized spacial score (nSPS) is 16.8. The maximum absolute atomic E-state index is 12.5. The van der Waals surface area contributed by atoms with E-state index in [1.807, 2.05) is 0 Å². The number of ether oxygens (including phenoxy) is 1. The minimum absolute atomic E-state index is 0.125. The van der Waals surface area contributed by atoms with Crippen LogP contribution < -0.4 is 10.2 Å².